The molecule has 0 saturated carbocycles. The van der Waals surface area contributed by atoms with Crippen LogP contribution in [0.5, 0.6) is 11.6 Å². The van der Waals surface area contributed by atoms with Crippen LogP contribution in [0.4, 0.5) is 15.8 Å². The van der Waals surface area contributed by atoms with Gasteiger partial charge in [-0.1, -0.05) is 6.07 Å². The molecule has 172 valence electrons. The molecule has 1 amide bonds. The van der Waals surface area contributed by atoms with E-state index in [2.05, 4.69) is 9.71 Å². The topological polar surface area (TPSA) is 97.8 Å². The van der Waals surface area contributed by atoms with Crippen LogP contribution in [0.25, 0.3) is 11.1 Å². The first kappa shape index (κ1) is 22.5. The molecule has 0 radical (unpaired) electrons. The monoisotopic (exact) mass is 471 g/mol. The highest BCUT2D eigenvalue weighted by Gasteiger charge is 2.28. The zero-order chi connectivity index (χ0) is 23.8. The first-order valence-electron chi connectivity index (χ1n) is 10.1. The number of pyridine rings is 1. The number of sulfonamides is 1. The molecule has 1 aliphatic rings. The average molecular weight is 472 g/mol. The van der Waals surface area contributed by atoms with Gasteiger partial charge < -0.3 is 14.4 Å². The molecular weight excluding hydrogens is 449 g/mol. The van der Waals surface area contributed by atoms with Gasteiger partial charge in [-0.05, 0) is 61.9 Å². The fourth-order valence-corrected chi connectivity index (χ4v) is 4.63. The van der Waals surface area contributed by atoms with E-state index in [4.69, 9.17) is 9.47 Å². The first-order valence-corrected chi connectivity index (χ1v) is 11.6. The number of halogens is 1. The zero-order valence-corrected chi connectivity index (χ0v) is 19.0. The number of anilines is 2. The van der Waals surface area contributed by atoms with Gasteiger partial charge in [0, 0.05) is 17.8 Å². The smallest absolute Gasteiger partial charge is 0.265 e. The van der Waals surface area contributed by atoms with Gasteiger partial charge in [-0.2, -0.15) is 0 Å². The van der Waals surface area contributed by atoms with Gasteiger partial charge in [0.2, 0.25) is 5.88 Å². The molecule has 0 fully saturated rings. The van der Waals surface area contributed by atoms with Crippen LogP contribution < -0.4 is 19.1 Å². The van der Waals surface area contributed by atoms with Gasteiger partial charge in [0.25, 0.3) is 15.9 Å². The second-order valence-electron chi connectivity index (χ2n) is 7.67. The molecule has 33 heavy (non-hydrogen) atoms. The SMILES string of the molecule is COc1ncc(-c2ccc3c(c2)N(C(C)C)C(=O)CO3)cc1NS(=O)(=O)c1ccc(F)cc1. The minimum Gasteiger partial charge on any atom is -0.482 e. The number of ether oxygens (including phenoxy) is 2. The van der Waals surface area contributed by atoms with Crippen LogP contribution >= 0.6 is 0 Å². The standard InChI is InChI=1S/C23H22FN3O5S/c1-14(2)27-20-11-15(4-9-21(20)32-13-22(27)28)16-10-19(23(31-3)25-12-16)26-33(29,30)18-7-5-17(24)6-8-18/h4-12,14,26H,13H2,1-3H3. The van der Waals surface area contributed by atoms with Gasteiger partial charge in [-0.15, -0.1) is 0 Å². The van der Waals surface area contributed by atoms with Crippen LogP contribution in [0.15, 0.2) is 59.6 Å². The Morgan fingerprint density at radius 1 is 1.12 bits per heavy atom. The summed E-state index contributed by atoms with van der Waals surface area (Å²) >= 11 is 0. The maximum absolute atomic E-state index is 13.2. The van der Waals surface area contributed by atoms with E-state index in [-0.39, 0.29) is 35.0 Å². The van der Waals surface area contributed by atoms with Crippen LogP contribution in [-0.2, 0) is 14.8 Å². The van der Waals surface area contributed by atoms with Crippen molar-refractivity contribution >= 4 is 27.3 Å². The quantitative estimate of drug-likeness (QED) is 0.587. The number of hydrogen-bond donors (Lipinski definition) is 1. The fraction of sp³-hybridized carbons (Fsp3) is 0.217. The summed E-state index contributed by atoms with van der Waals surface area (Å²) in [7, 11) is -2.64. The summed E-state index contributed by atoms with van der Waals surface area (Å²) in [4.78, 5) is 18.2. The summed E-state index contributed by atoms with van der Waals surface area (Å²) in [5, 5.41) is 0. The van der Waals surface area contributed by atoms with E-state index >= 15 is 0 Å². The van der Waals surface area contributed by atoms with Crippen molar-refractivity contribution in [2.75, 3.05) is 23.3 Å². The van der Waals surface area contributed by atoms with Crippen molar-refractivity contribution in [2.24, 2.45) is 0 Å². The normalized spacial score (nSPS) is 13.5. The van der Waals surface area contributed by atoms with Crippen molar-refractivity contribution in [3.63, 3.8) is 0 Å². The van der Waals surface area contributed by atoms with Crippen LogP contribution in [-0.4, -0.2) is 39.1 Å². The molecule has 2 aromatic carbocycles. The number of aromatic nitrogens is 1. The zero-order valence-electron chi connectivity index (χ0n) is 18.2. The third-order valence-electron chi connectivity index (χ3n) is 5.10. The number of fused-ring (bicyclic) bond motifs is 1. The lowest BCUT2D eigenvalue weighted by molar-refractivity contribution is -0.121. The van der Waals surface area contributed by atoms with E-state index in [1.165, 1.54) is 19.2 Å². The lowest BCUT2D eigenvalue weighted by Crippen LogP contribution is -2.43. The summed E-state index contributed by atoms with van der Waals surface area (Å²) in [6, 6.07) is 11.4. The van der Waals surface area contributed by atoms with E-state index < -0.39 is 15.8 Å². The van der Waals surface area contributed by atoms with E-state index in [9.17, 15) is 17.6 Å². The number of hydrogen-bond acceptors (Lipinski definition) is 6. The molecule has 3 aromatic rings. The predicted molar refractivity (Wildman–Crippen MR) is 122 cm³/mol. The number of carbonyl (C=O) groups excluding carboxylic acids is 1. The van der Waals surface area contributed by atoms with Crippen molar-refractivity contribution in [3.05, 3.63) is 60.5 Å². The molecule has 8 nitrogen and oxygen atoms in total. The van der Waals surface area contributed by atoms with Gasteiger partial charge in [0.05, 0.1) is 17.7 Å². The lowest BCUT2D eigenvalue weighted by Gasteiger charge is -2.32. The highest BCUT2D eigenvalue weighted by atomic mass is 32.2. The Kier molecular flexibility index (Phi) is 5.94. The van der Waals surface area contributed by atoms with Gasteiger partial charge in [-0.25, -0.2) is 17.8 Å². The van der Waals surface area contributed by atoms with Gasteiger partial charge in [0.1, 0.15) is 17.3 Å². The Hall–Kier alpha value is -3.66. The average Bonchev–Trinajstić information content (AvgIpc) is 2.78. The van der Waals surface area contributed by atoms with Gasteiger partial charge >= 0.3 is 0 Å². The second kappa shape index (κ2) is 8.70. The van der Waals surface area contributed by atoms with Crippen LogP contribution in [0.3, 0.4) is 0 Å². The number of amides is 1. The number of nitrogens with zero attached hydrogens (tertiary/aromatic N) is 2. The lowest BCUT2D eigenvalue weighted by atomic mass is 10.0. The predicted octanol–water partition coefficient (Wildman–Crippen LogP) is 3.83. The molecule has 0 atom stereocenters. The Labute approximate surface area is 191 Å². The van der Waals surface area contributed by atoms with Crippen molar-refractivity contribution in [3.8, 4) is 22.8 Å². The maximum Gasteiger partial charge on any atom is 0.265 e. The fourth-order valence-electron chi connectivity index (χ4n) is 3.58. The molecule has 0 saturated heterocycles. The molecule has 1 aliphatic heterocycles. The van der Waals surface area contributed by atoms with Crippen molar-refractivity contribution in [1.29, 1.82) is 0 Å². The highest BCUT2D eigenvalue weighted by molar-refractivity contribution is 7.92. The molecule has 2 heterocycles. The molecule has 0 bridgehead atoms. The van der Waals surface area contributed by atoms with Gasteiger partial charge in [0.15, 0.2) is 6.61 Å². The van der Waals surface area contributed by atoms with Crippen molar-refractivity contribution in [2.45, 2.75) is 24.8 Å². The van der Waals surface area contributed by atoms with E-state index in [1.807, 2.05) is 13.8 Å². The summed E-state index contributed by atoms with van der Waals surface area (Å²) in [5.41, 5.74) is 2.04. The van der Waals surface area contributed by atoms with Crippen molar-refractivity contribution < 1.29 is 27.1 Å². The minimum atomic E-state index is -4.01. The third kappa shape index (κ3) is 4.47. The first-order chi connectivity index (χ1) is 15.7. The molecule has 1 aromatic heterocycles. The van der Waals surface area contributed by atoms with E-state index in [0.717, 1.165) is 12.1 Å². The van der Waals surface area contributed by atoms with E-state index in [0.29, 0.717) is 22.6 Å². The number of methoxy groups -OCH3 is 1. The number of benzene rings is 2. The number of nitrogens with one attached hydrogen (secondary N) is 1. The molecule has 0 unspecified atom stereocenters. The Balaban J connectivity index is 1.73. The second-order valence-corrected chi connectivity index (χ2v) is 9.35. The van der Waals surface area contributed by atoms with Crippen LogP contribution in [0.1, 0.15) is 13.8 Å². The Morgan fingerprint density at radius 3 is 2.52 bits per heavy atom. The summed E-state index contributed by atoms with van der Waals surface area (Å²) in [6.45, 7) is 3.80. The largest absolute Gasteiger partial charge is 0.482 e. The summed E-state index contributed by atoms with van der Waals surface area (Å²) in [5.74, 6) is -0.0220. The molecule has 4 rings (SSSR count). The van der Waals surface area contributed by atoms with Crippen molar-refractivity contribution in [1.82, 2.24) is 4.98 Å². The molecular formula is C23H22FN3O5S. The summed E-state index contributed by atoms with van der Waals surface area (Å²) < 4.78 is 52.0. The highest BCUT2D eigenvalue weighted by Crippen LogP contribution is 2.38. The number of rotatable bonds is 6. The number of carbonyl (C=O) groups is 1. The third-order valence-corrected chi connectivity index (χ3v) is 6.48. The van der Waals surface area contributed by atoms with Crippen LogP contribution in [0, 0.1) is 5.82 Å². The molecule has 1 N–H and O–H groups in total. The minimum absolute atomic E-state index is 0.0239. The Bertz CT molecular complexity index is 1310. The Morgan fingerprint density at radius 2 is 1.85 bits per heavy atom. The molecule has 0 aliphatic carbocycles. The van der Waals surface area contributed by atoms with E-state index in [1.54, 1.807) is 35.4 Å². The molecule has 10 heteroatoms. The summed E-state index contributed by atoms with van der Waals surface area (Å²) in [6.07, 6.45) is 1.54. The molecule has 0 spiro atoms. The maximum atomic E-state index is 13.2. The van der Waals surface area contributed by atoms with Crippen LogP contribution in [0.2, 0.25) is 0 Å². The van der Waals surface area contributed by atoms with Gasteiger partial charge in [-0.3, -0.25) is 9.52 Å².